The third-order valence-electron chi connectivity index (χ3n) is 4.26. The third kappa shape index (κ3) is 2.25. The zero-order valence-electron chi connectivity index (χ0n) is 9.76. The second kappa shape index (κ2) is 4.65. The van der Waals surface area contributed by atoms with Gasteiger partial charge in [0.25, 0.3) is 0 Å². The Labute approximate surface area is 92.4 Å². The van der Waals surface area contributed by atoms with Gasteiger partial charge in [0.05, 0.1) is 0 Å². The van der Waals surface area contributed by atoms with Crippen molar-refractivity contribution >= 4 is 5.78 Å². The van der Waals surface area contributed by atoms with Crippen LogP contribution in [0.1, 0.15) is 57.8 Å². The van der Waals surface area contributed by atoms with Crippen molar-refractivity contribution in [2.24, 2.45) is 5.92 Å². The maximum absolute atomic E-state index is 12.2. The first-order chi connectivity index (χ1) is 7.27. The number of methoxy groups -OCH3 is 1. The van der Waals surface area contributed by atoms with E-state index >= 15 is 0 Å². The SMILES string of the molecule is COC1(C(=O)CC2CCC2)CCCCC1. The molecule has 0 saturated heterocycles. The summed E-state index contributed by atoms with van der Waals surface area (Å²) >= 11 is 0. The molecular weight excluding hydrogens is 188 g/mol. The molecule has 2 heteroatoms. The Morgan fingerprint density at radius 3 is 2.33 bits per heavy atom. The molecule has 0 aromatic rings. The molecular formula is C13H22O2. The van der Waals surface area contributed by atoms with E-state index in [2.05, 4.69) is 0 Å². The molecule has 2 saturated carbocycles. The Hall–Kier alpha value is -0.370. The van der Waals surface area contributed by atoms with Crippen LogP contribution in [0.25, 0.3) is 0 Å². The lowest BCUT2D eigenvalue weighted by Gasteiger charge is -2.36. The average molecular weight is 210 g/mol. The summed E-state index contributed by atoms with van der Waals surface area (Å²) in [7, 11) is 1.71. The van der Waals surface area contributed by atoms with E-state index in [-0.39, 0.29) is 0 Å². The molecule has 0 atom stereocenters. The van der Waals surface area contributed by atoms with E-state index in [1.165, 1.54) is 25.7 Å². The molecule has 0 aliphatic heterocycles. The normalized spacial score (nSPS) is 25.9. The van der Waals surface area contributed by atoms with Gasteiger partial charge in [-0.15, -0.1) is 0 Å². The smallest absolute Gasteiger partial charge is 0.164 e. The molecule has 0 radical (unpaired) electrons. The molecule has 2 nitrogen and oxygen atoms in total. The molecule has 2 aliphatic carbocycles. The van der Waals surface area contributed by atoms with Crippen LogP contribution in [-0.4, -0.2) is 18.5 Å². The van der Waals surface area contributed by atoms with E-state index in [0.29, 0.717) is 11.7 Å². The van der Waals surface area contributed by atoms with Crippen LogP contribution < -0.4 is 0 Å². The molecule has 0 aromatic heterocycles. The molecule has 2 rings (SSSR count). The Balaban J connectivity index is 1.93. The van der Waals surface area contributed by atoms with E-state index < -0.39 is 5.60 Å². The molecule has 2 fully saturated rings. The lowest BCUT2D eigenvalue weighted by Crippen LogP contribution is -2.43. The van der Waals surface area contributed by atoms with Crippen molar-refractivity contribution in [3.63, 3.8) is 0 Å². The topological polar surface area (TPSA) is 26.3 Å². The predicted molar refractivity (Wildman–Crippen MR) is 59.8 cm³/mol. The Kier molecular flexibility index (Phi) is 3.45. The number of carbonyl (C=O) groups is 1. The molecule has 0 spiro atoms. The van der Waals surface area contributed by atoms with Crippen LogP contribution in [0.5, 0.6) is 0 Å². The molecule has 15 heavy (non-hydrogen) atoms. The highest BCUT2D eigenvalue weighted by atomic mass is 16.5. The van der Waals surface area contributed by atoms with Gasteiger partial charge in [0.15, 0.2) is 5.78 Å². The van der Waals surface area contributed by atoms with Crippen LogP contribution in [0, 0.1) is 5.92 Å². The number of rotatable bonds is 4. The summed E-state index contributed by atoms with van der Waals surface area (Å²) in [5, 5.41) is 0. The second-order valence-electron chi connectivity index (χ2n) is 5.18. The number of ketones is 1. The maximum Gasteiger partial charge on any atom is 0.164 e. The zero-order chi connectivity index (χ0) is 10.7. The largest absolute Gasteiger partial charge is 0.370 e. The molecule has 86 valence electrons. The summed E-state index contributed by atoms with van der Waals surface area (Å²) in [5.41, 5.74) is -0.395. The average Bonchev–Trinajstić information content (AvgIpc) is 2.24. The first-order valence-corrected chi connectivity index (χ1v) is 6.35. The number of Topliss-reactive ketones (excluding diaryl/α,β-unsaturated/α-hetero) is 1. The van der Waals surface area contributed by atoms with Gasteiger partial charge in [0.1, 0.15) is 5.60 Å². The van der Waals surface area contributed by atoms with Crippen molar-refractivity contribution in [1.82, 2.24) is 0 Å². The van der Waals surface area contributed by atoms with E-state index in [4.69, 9.17) is 4.74 Å². The highest BCUT2D eigenvalue weighted by Crippen LogP contribution is 2.37. The Bertz CT molecular complexity index is 225. The van der Waals surface area contributed by atoms with Gasteiger partial charge in [0, 0.05) is 13.5 Å². The number of ether oxygens (including phenoxy) is 1. The molecule has 0 bridgehead atoms. The zero-order valence-corrected chi connectivity index (χ0v) is 9.76. The van der Waals surface area contributed by atoms with Gasteiger partial charge in [-0.3, -0.25) is 4.79 Å². The van der Waals surface area contributed by atoms with Crippen LogP contribution in [0.3, 0.4) is 0 Å². The highest BCUT2D eigenvalue weighted by molar-refractivity contribution is 5.87. The number of carbonyl (C=O) groups excluding carboxylic acids is 1. The minimum atomic E-state index is -0.395. The predicted octanol–water partition coefficient (Wildman–Crippen LogP) is 3.10. The van der Waals surface area contributed by atoms with Gasteiger partial charge in [-0.2, -0.15) is 0 Å². The van der Waals surface area contributed by atoms with Crippen molar-refractivity contribution in [1.29, 1.82) is 0 Å². The molecule has 2 aliphatic rings. The van der Waals surface area contributed by atoms with Gasteiger partial charge in [-0.1, -0.05) is 38.5 Å². The molecule has 0 amide bonds. The van der Waals surface area contributed by atoms with Crippen molar-refractivity contribution in [2.45, 2.75) is 63.4 Å². The van der Waals surface area contributed by atoms with E-state index in [0.717, 1.165) is 32.1 Å². The summed E-state index contributed by atoms with van der Waals surface area (Å²) in [6.45, 7) is 0. The quantitative estimate of drug-likeness (QED) is 0.712. The lowest BCUT2D eigenvalue weighted by molar-refractivity contribution is -0.146. The van der Waals surface area contributed by atoms with Crippen LogP contribution in [0.2, 0.25) is 0 Å². The van der Waals surface area contributed by atoms with Crippen molar-refractivity contribution < 1.29 is 9.53 Å². The van der Waals surface area contributed by atoms with Crippen molar-refractivity contribution in [3.8, 4) is 0 Å². The summed E-state index contributed by atoms with van der Waals surface area (Å²) in [6.07, 6.45) is 10.1. The van der Waals surface area contributed by atoms with E-state index in [9.17, 15) is 4.79 Å². The molecule has 0 unspecified atom stereocenters. The maximum atomic E-state index is 12.2. The summed E-state index contributed by atoms with van der Waals surface area (Å²) in [4.78, 5) is 12.2. The third-order valence-corrected chi connectivity index (χ3v) is 4.26. The minimum Gasteiger partial charge on any atom is -0.370 e. The lowest BCUT2D eigenvalue weighted by atomic mass is 9.74. The fourth-order valence-corrected chi connectivity index (χ4v) is 2.86. The first-order valence-electron chi connectivity index (χ1n) is 6.35. The van der Waals surface area contributed by atoms with Gasteiger partial charge < -0.3 is 4.74 Å². The molecule has 0 heterocycles. The molecule has 0 aromatic carbocycles. The first kappa shape index (κ1) is 11.1. The minimum absolute atomic E-state index is 0.384. The number of hydrogen-bond donors (Lipinski definition) is 0. The standard InChI is InChI=1S/C13H22O2/c1-15-13(8-3-2-4-9-13)12(14)10-11-6-5-7-11/h11H,2-10H2,1H3. The van der Waals surface area contributed by atoms with Crippen LogP contribution in [-0.2, 0) is 9.53 Å². The fourth-order valence-electron chi connectivity index (χ4n) is 2.86. The van der Waals surface area contributed by atoms with Crippen LogP contribution in [0.4, 0.5) is 0 Å². The second-order valence-corrected chi connectivity index (χ2v) is 5.18. The van der Waals surface area contributed by atoms with Gasteiger partial charge >= 0.3 is 0 Å². The monoisotopic (exact) mass is 210 g/mol. The number of hydrogen-bond acceptors (Lipinski definition) is 2. The Morgan fingerprint density at radius 1 is 1.20 bits per heavy atom. The van der Waals surface area contributed by atoms with Gasteiger partial charge in [-0.05, 0) is 18.8 Å². The summed E-state index contributed by atoms with van der Waals surface area (Å²) < 4.78 is 5.56. The van der Waals surface area contributed by atoms with E-state index in [1.807, 2.05) is 0 Å². The van der Waals surface area contributed by atoms with Crippen LogP contribution >= 0.6 is 0 Å². The van der Waals surface area contributed by atoms with E-state index in [1.54, 1.807) is 7.11 Å². The van der Waals surface area contributed by atoms with Crippen molar-refractivity contribution in [3.05, 3.63) is 0 Å². The van der Waals surface area contributed by atoms with Crippen molar-refractivity contribution in [2.75, 3.05) is 7.11 Å². The fraction of sp³-hybridized carbons (Fsp3) is 0.923. The van der Waals surface area contributed by atoms with Gasteiger partial charge in [-0.25, -0.2) is 0 Å². The summed E-state index contributed by atoms with van der Waals surface area (Å²) in [6, 6.07) is 0. The van der Waals surface area contributed by atoms with Crippen LogP contribution in [0.15, 0.2) is 0 Å². The van der Waals surface area contributed by atoms with Gasteiger partial charge in [0.2, 0.25) is 0 Å². The Morgan fingerprint density at radius 2 is 1.87 bits per heavy atom. The summed E-state index contributed by atoms with van der Waals surface area (Å²) in [5.74, 6) is 1.06. The molecule has 0 N–H and O–H groups in total. The highest BCUT2D eigenvalue weighted by Gasteiger charge is 2.40.